The van der Waals surface area contributed by atoms with Crippen LogP contribution in [0.4, 0.5) is 0 Å². The van der Waals surface area contributed by atoms with Crippen LogP contribution in [-0.4, -0.2) is 12.8 Å². The highest BCUT2D eigenvalue weighted by atomic mass is 32.1. The zero-order valence-electron chi connectivity index (χ0n) is 7.26. The molecule has 1 nitrogen and oxygen atoms in total. The lowest BCUT2D eigenvalue weighted by atomic mass is 10.3. The first kappa shape index (κ1) is 12.4. The molecule has 0 spiro atoms. The molecule has 0 N–H and O–H groups in total. The van der Waals surface area contributed by atoms with Crippen LogP contribution in [-0.2, 0) is 0 Å². The monoisotopic (exact) mass is 159 g/mol. The number of aliphatic imine (C=N–C) groups is 1. The van der Waals surface area contributed by atoms with E-state index < -0.39 is 0 Å². The fraction of sp³-hybridized carbons (Fsp3) is 0.625. The molecule has 0 aliphatic carbocycles. The standard InChI is InChI=1S/C6H11NS.C2H6/c1-5(7-3)4-6(2)8;1-2/h4-5,8H,3H2,1-2H3;1-2H3/b6-4+;. The van der Waals surface area contributed by atoms with Gasteiger partial charge in [0.1, 0.15) is 0 Å². The minimum atomic E-state index is 0.201. The Kier molecular flexibility index (Phi) is 10.9. The maximum absolute atomic E-state index is 4.06. The number of nitrogens with zero attached hydrogens (tertiary/aromatic N) is 1. The molecule has 0 aromatic carbocycles. The summed E-state index contributed by atoms with van der Waals surface area (Å²) in [5.41, 5.74) is 0. The van der Waals surface area contributed by atoms with E-state index in [0.29, 0.717) is 0 Å². The Morgan fingerprint density at radius 3 is 2.10 bits per heavy atom. The van der Waals surface area contributed by atoms with Gasteiger partial charge in [-0.2, -0.15) is 0 Å². The third-order valence-corrected chi connectivity index (χ3v) is 0.919. The van der Waals surface area contributed by atoms with E-state index >= 15 is 0 Å². The molecule has 0 amide bonds. The van der Waals surface area contributed by atoms with Gasteiger partial charge in [-0.3, -0.25) is 4.99 Å². The summed E-state index contributed by atoms with van der Waals surface area (Å²) < 4.78 is 0. The third kappa shape index (κ3) is 10.7. The van der Waals surface area contributed by atoms with Gasteiger partial charge in [-0.25, -0.2) is 0 Å². The van der Waals surface area contributed by atoms with E-state index in [-0.39, 0.29) is 6.04 Å². The molecule has 0 rings (SSSR count). The molecule has 0 heterocycles. The molecule has 0 aromatic rings. The lowest BCUT2D eigenvalue weighted by Gasteiger charge is -1.94. The van der Waals surface area contributed by atoms with Gasteiger partial charge < -0.3 is 0 Å². The van der Waals surface area contributed by atoms with Crippen molar-refractivity contribution in [2.24, 2.45) is 4.99 Å². The summed E-state index contributed by atoms with van der Waals surface area (Å²) >= 11 is 4.06. The van der Waals surface area contributed by atoms with Crippen LogP contribution >= 0.6 is 12.6 Å². The average molecular weight is 159 g/mol. The summed E-state index contributed by atoms with van der Waals surface area (Å²) in [6.45, 7) is 11.3. The zero-order chi connectivity index (χ0) is 8.57. The molecule has 0 saturated heterocycles. The predicted octanol–water partition coefficient (Wildman–Crippen LogP) is 2.94. The summed E-state index contributed by atoms with van der Waals surface area (Å²) in [5.74, 6) is 0. The highest BCUT2D eigenvalue weighted by Gasteiger charge is 1.87. The van der Waals surface area contributed by atoms with Crippen LogP contribution in [0.1, 0.15) is 27.7 Å². The molecule has 1 atom stereocenters. The zero-order valence-corrected chi connectivity index (χ0v) is 8.15. The van der Waals surface area contributed by atoms with E-state index in [1.165, 1.54) is 0 Å². The molecular formula is C8H17NS. The van der Waals surface area contributed by atoms with Crippen molar-refractivity contribution < 1.29 is 0 Å². The SMILES string of the molecule is C=NC(C)/C=C(\C)S.CC. The van der Waals surface area contributed by atoms with Gasteiger partial charge in [-0.1, -0.05) is 19.9 Å². The highest BCUT2D eigenvalue weighted by molar-refractivity contribution is 7.84. The third-order valence-electron chi connectivity index (χ3n) is 0.770. The predicted molar refractivity (Wildman–Crippen MR) is 53.1 cm³/mol. The molecule has 0 fully saturated rings. The van der Waals surface area contributed by atoms with E-state index in [9.17, 15) is 0 Å². The van der Waals surface area contributed by atoms with E-state index in [4.69, 9.17) is 0 Å². The van der Waals surface area contributed by atoms with Crippen LogP contribution in [0.3, 0.4) is 0 Å². The van der Waals surface area contributed by atoms with Crippen LogP contribution in [0, 0.1) is 0 Å². The van der Waals surface area contributed by atoms with Crippen LogP contribution in [0.25, 0.3) is 0 Å². The summed E-state index contributed by atoms with van der Waals surface area (Å²) in [6, 6.07) is 0.201. The summed E-state index contributed by atoms with van der Waals surface area (Å²) in [7, 11) is 0. The van der Waals surface area contributed by atoms with Crippen molar-refractivity contribution in [3.63, 3.8) is 0 Å². The minimum Gasteiger partial charge on any atom is -0.294 e. The fourth-order valence-electron chi connectivity index (χ4n) is 0.402. The molecule has 2 heteroatoms. The van der Waals surface area contributed by atoms with Crippen molar-refractivity contribution in [1.29, 1.82) is 0 Å². The van der Waals surface area contributed by atoms with Crippen molar-refractivity contribution >= 4 is 19.3 Å². The van der Waals surface area contributed by atoms with E-state index in [0.717, 1.165) is 4.91 Å². The van der Waals surface area contributed by atoms with Crippen molar-refractivity contribution in [3.8, 4) is 0 Å². The van der Waals surface area contributed by atoms with Crippen molar-refractivity contribution in [1.82, 2.24) is 0 Å². The molecule has 10 heavy (non-hydrogen) atoms. The molecule has 0 aliphatic rings. The lowest BCUT2D eigenvalue weighted by Crippen LogP contribution is -1.89. The number of allylic oxidation sites excluding steroid dienone is 1. The second kappa shape index (κ2) is 8.76. The number of rotatable bonds is 2. The Labute approximate surface area is 69.7 Å². The van der Waals surface area contributed by atoms with Gasteiger partial charge in [0.2, 0.25) is 0 Å². The van der Waals surface area contributed by atoms with E-state index in [2.05, 4.69) is 24.3 Å². The van der Waals surface area contributed by atoms with Gasteiger partial charge in [-0.15, -0.1) is 12.6 Å². The average Bonchev–Trinajstić information content (AvgIpc) is 1.91. The van der Waals surface area contributed by atoms with Crippen LogP contribution < -0.4 is 0 Å². The molecule has 1 unspecified atom stereocenters. The molecule has 0 saturated carbocycles. The summed E-state index contributed by atoms with van der Waals surface area (Å²) in [4.78, 5) is 4.74. The first-order chi connectivity index (χ1) is 4.66. The Morgan fingerprint density at radius 2 is 2.00 bits per heavy atom. The van der Waals surface area contributed by atoms with Gasteiger partial charge >= 0.3 is 0 Å². The highest BCUT2D eigenvalue weighted by Crippen LogP contribution is 2.00. The number of hydrogen-bond donors (Lipinski definition) is 1. The summed E-state index contributed by atoms with van der Waals surface area (Å²) in [5, 5.41) is 0. The van der Waals surface area contributed by atoms with Crippen molar-refractivity contribution in [2.75, 3.05) is 0 Å². The van der Waals surface area contributed by atoms with E-state index in [1.807, 2.05) is 33.8 Å². The smallest absolute Gasteiger partial charge is 0.0654 e. The maximum Gasteiger partial charge on any atom is 0.0654 e. The number of thiol groups is 1. The molecular weight excluding hydrogens is 142 g/mol. The van der Waals surface area contributed by atoms with Crippen LogP contribution in [0.15, 0.2) is 16.0 Å². The van der Waals surface area contributed by atoms with Gasteiger partial charge in [0, 0.05) is 0 Å². The van der Waals surface area contributed by atoms with Gasteiger partial charge in [0.15, 0.2) is 0 Å². The van der Waals surface area contributed by atoms with Crippen LogP contribution in [0.5, 0.6) is 0 Å². The largest absolute Gasteiger partial charge is 0.294 e. The van der Waals surface area contributed by atoms with Gasteiger partial charge in [-0.05, 0) is 25.5 Å². The maximum atomic E-state index is 4.06. The molecule has 0 radical (unpaired) electrons. The Bertz CT molecular complexity index is 104. The number of hydrogen-bond acceptors (Lipinski definition) is 2. The van der Waals surface area contributed by atoms with Crippen molar-refractivity contribution in [2.45, 2.75) is 33.7 Å². The lowest BCUT2D eigenvalue weighted by molar-refractivity contribution is 0.933. The second-order valence-electron chi connectivity index (χ2n) is 1.73. The molecule has 0 aliphatic heterocycles. The quantitative estimate of drug-likeness (QED) is 0.470. The Hall–Kier alpha value is -0.240. The molecule has 60 valence electrons. The first-order valence-corrected chi connectivity index (χ1v) is 3.94. The van der Waals surface area contributed by atoms with E-state index in [1.54, 1.807) is 0 Å². The molecule has 0 aromatic heterocycles. The van der Waals surface area contributed by atoms with Crippen molar-refractivity contribution in [3.05, 3.63) is 11.0 Å². The topological polar surface area (TPSA) is 12.4 Å². The van der Waals surface area contributed by atoms with Gasteiger partial charge in [0.25, 0.3) is 0 Å². The Balaban J connectivity index is 0. The second-order valence-corrected chi connectivity index (χ2v) is 2.44. The minimum absolute atomic E-state index is 0.201. The normalized spacial score (nSPS) is 13.1. The fourth-order valence-corrected chi connectivity index (χ4v) is 0.618. The van der Waals surface area contributed by atoms with Crippen LogP contribution in [0.2, 0.25) is 0 Å². The first-order valence-electron chi connectivity index (χ1n) is 3.50. The molecule has 0 bridgehead atoms. The Morgan fingerprint density at radius 1 is 1.60 bits per heavy atom. The summed E-state index contributed by atoms with van der Waals surface area (Å²) in [6.07, 6.45) is 1.94. The van der Waals surface area contributed by atoms with Gasteiger partial charge in [0.05, 0.1) is 6.04 Å².